The quantitative estimate of drug-likeness (QED) is 0.377. The summed E-state index contributed by atoms with van der Waals surface area (Å²) in [4.78, 5) is 20.1. The van der Waals surface area contributed by atoms with Crippen molar-refractivity contribution < 1.29 is 9.53 Å². The molecule has 0 spiro atoms. The Bertz CT molecular complexity index is 823. The molecule has 0 unspecified atom stereocenters. The lowest BCUT2D eigenvalue weighted by molar-refractivity contribution is 0.0529. The summed E-state index contributed by atoms with van der Waals surface area (Å²) >= 11 is 0. The number of amides is 1. The third-order valence-electron chi connectivity index (χ3n) is 4.04. The zero-order valence-electron chi connectivity index (χ0n) is 18.0. The molecule has 2 rings (SSSR count). The Hall–Kier alpha value is -3.03. The predicted molar refractivity (Wildman–Crippen MR) is 115 cm³/mol. The molecule has 29 heavy (non-hydrogen) atoms. The van der Waals surface area contributed by atoms with Crippen LogP contribution in [0.3, 0.4) is 0 Å². The van der Waals surface area contributed by atoms with Crippen LogP contribution in [0.25, 0.3) is 0 Å². The SMILES string of the molecule is CN=C(NCCNC(=O)OC(C)(C)C)NCc1cccc(Cn2ccnc2C)c1. The van der Waals surface area contributed by atoms with Gasteiger partial charge in [0.1, 0.15) is 11.4 Å². The fourth-order valence-corrected chi connectivity index (χ4v) is 2.67. The van der Waals surface area contributed by atoms with Gasteiger partial charge in [-0.1, -0.05) is 24.3 Å². The van der Waals surface area contributed by atoms with Gasteiger partial charge in [-0.15, -0.1) is 0 Å². The highest BCUT2D eigenvalue weighted by atomic mass is 16.6. The minimum Gasteiger partial charge on any atom is -0.444 e. The minimum atomic E-state index is -0.500. The fraction of sp³-hybridized carbons (Fsp3) is 0.476. The number of alkyl carbamates (subject to hydrolysis) is 1. The maximum absolute atomic E-state index is 11.6. The van der Waals surface area contributed by atoms with Gasteiger partial charge in [-0.05, 0) is 38.8 Å². The molecular formula is C21H32N6O2. The van der Waals surface area contributed by atoms with Crippen LogP contribution < -0.4 is 16.0 Å². The third-order valence-corrected chi connectivity index (χ3v) is 4.04. The van der Waals surface area contributed by atoms with E-state index in [4.69, 9.17) is 4.74 Å². The van der Waals surface area contributed by atoms with E-state index in [0.717, 1.165) is 17.9 Å². The molecule has 8 nitrogen and oxygen atoms in total. The maximum atomic E-state index is 11.6. The molecule has 0 bridgehead atoms. The van der Waals surface area contributed by atoms with E-state index in [1.807, 2.05) is 40.1 Å². The number of nitrogens with zero attached hydrogens (tertiary/aromatic N) is 3. The van der Waals surface area contributed by atoms with Crippen LogP contribution in [0, 0.1) is 6.92 Å². The first-order chi connectivity index (χ1) is 13.8. The van der Waals surface area contributed by atoms with E-state index in [0.29, 0.717) is 25.6 Å². The van der Waals surface area contributed by atoms with E-state index in [-0.39, 0.29) is 0 Å². The average Bonchev–Trinajstić information content (AvgIpc) is 3.04. The number of aromatic nitrogens is 2. The Morgan fingerprint density at radius 2 is 1.90 bits per heavy atom. The number of guanidine groups is 1. The third kappa shape index (κ3) is 8.25. The van der Waals surface area contributed by atoms with Gasteiger partial charge in [0, 0.05) is 45.6 Å². The lowest BCUT2D eigenvalue weighted by atomic mass is 10.1. The van der Waals surface area contributed by atoms with Crippen molar-refractivity contribution >= 4 is 12.1 Å². The van der Waals surface area contributed by atoms with Crippen LogP contribution in [0.2, 0.25) is 0 Å². The molecule has 0 aliphatic rings. The number of aryl methyl sites for hydroxylation is 1. The summed E-state index contributed by atoms with van der Waals surface area (Å²) < 4.78 is 7.32. The van der Waals surface area contributed by atoms with Crippen molar-refractivity contribution in [2.24, 2.45) is 4.99 Å². The standard InChI is InChI=1S/C21H32N6O2/c1-16-23-11-12-27(16)15-18-8-6-7-17(13-18)14-26-19(22-5)24-9-10-25-20(28)29-21(2,3)4/h6-8,11-13H,9-10,14-15H2,1-5H3,(H,25,28)(H2,22,24,26). The maximum Gasteiger partial charge on any atom is 0.407 e. The summed E-state index contributed by atoms with van der Waals surface area (Å²) in [6, 6.07) is 8.41. The molecule has 0 radical (unpaired) electrons. The van der Waals surface area contributed by atoms with Crippen LogP contribution >= 0.6 is 0 Å². The molecule has 0 aliphatic heterocycles. The van der Waals surface area contributed by atoms with Gasteiger partial charge in [0.05, 0.1) is 0 Å². The van der Waals surface area contributed by atoms with E-state index in [2.05, 4.69) is 54.8 Å². The Balaban J connectivity index is 1.75. The summed E-state index contributed by atoms with van der Waals surface area (Å²) in [7, 11) is 1.72. The summed E-state index contributed by atoms with van der Waals surface area (Å²) in [5, 5.41) is 9.17. The fourth-order valence-electron chi connectivity index (χ4n) is 2.67. The van der Waals surface area contributed by atoms with Crippen molar-refractivity contribution in [3.63, 3.8) is 0 Å². The number of hydrogen-bond acceptors (Lipinski definition) is 4. The van der Waals surface area contributed by atoms with Crippen LogP contribution in [0.5, 0.6) is 0 Å². The van der Waals surface area contributed by atoms with Gasteiger partial charge in [0.2, 0.25) is 0 Å². The summed E-state index contributed by atoms with van der Waals surface area (Å²) in [6.07, 6.45) is 3.37. The molecule has 0 atom stereocenters. The van der Waals surface area contributed by atoms with Crippen LogP contribution in [0.15, 0.2) is 41.7 Å². The zero-order chi connectivity index (χ0) is 21.3. The van der Waals surface area contributed by atoms with E-state index < -0.39 is 11.7 Å². The number of carbonyl (C=O) groups excluding carboxylic acids is 1. The normalized spacial score (nSPS) is 11.8. The summed E-state index contributed by atoms with van der Waals surface area (Å²) in [5.41, 5.74) is 1.88. The highest BCUT2D eigenvalue weighted by molar-refractivity contribution is 5.79. The van der Waals surface area contributed by atoms with E-state index >= 15 is 0 Å². The van der Waals surface area contributed by atoms with Crippen molar-refractivity contribution in [3.8, 4) is 0 Å². The Morgan fingerprint density at radius 3 is 2.55 bits per heavy atom. The molecule has 1 heterocycles. The van der Waals surface area contributed by atoms with Crippen molar-refractivity contribution in [3.05, 3.63) is 53.6 Å². The molecule has 8 heteroatoms. The number of hydrogen-bond donors (Lipinski definition) is 3. The molecular weight excluding hydrogens is 368 g/mol. The first-order valence-corrected chi connectivity index (χ1v) is 9.74. The van der Waals surface area contributed by atoms with Crippen molar-refractivity contribution in [2.75, 3.05) is 20.1 Å². The first kappa shape index (κ1) is 22.3. The molecule has 0 saturated carbocycles. The van der Waals surface area contributed by atoms with Gasteiger partial charge in [0.15, 0.2) is 5.96 Å². The second-order valence-corrected chi connectivity index (χ2v) is 7.70. The van der Waals surface area contributed by atoms with Crippen LogP contribution in [0.1, 0.15) is 37.7 Å². The number of nitrogens with one attached hydrogen (secondary N) is 3. The number of aliphatic imine (C=N–C) groups is 1. The monoisotopic (exact) mass is 400 g/mol. The van der Waals surface area contributed by atoms with Gasteiger partial charge < -0.3 is 25.3 Å². The van der Waals surface area contributed by atoms with Gasteiger partial charge >= 0.3 is 6.09 Å². The van der Waals surface area contributed by atoms with Gasteiger partial charge in [0.25, 0.3) is 0 Å². The molecule has 0 fully saturated rings. The largest absolute Gasteiger partial charge is 0.444 e. The number of carbonyl (C=O) groups is 1. The molecule has 0 saturated heterocycles. The Morgan fingerprint density at radius 1 is 1.17 bits per heavy atom. The van der Waals surface area contributed by atoms with E-state index in [9.17, 15) is 4.79 Å². The van der Waals surface area contributed by atoms with Crippen LogP contribution in [-0.4, -0.2) is 47.3 Å². The Labute approximate surface area is 172 Å². The lowest BCUT2D eigenvalue weighted by Crippen LogP contribution is -2.42. The van der Waals surface area contributed by atoms with Gasteiger partial charge in [-0.3, -0.25) is 4.99 Å². The molecule has 158 valence electrons. The minimum absolute atomic E-state index is 0.424. The van der Waals surface area contributed by atoms with Crippen molar-refractivity contribution in [2.45, 2.75) is 46.4 Å². The van der Waals surface area contributed by atoms with Crippen LogP contribution in [0.4, 0.5) is 4.79 Å². The highest BCUT2D eigenvalue weighted by Crippen LogP contribution is 2.09. The van der Waals surface area contributed by atoms with Crippen molar-refractivity contribution in [1.82, 2.24) is 25.5 Å². The molecule has 2 aromatic rings. The second kappa shape index (κ2) is 10.5. The van der Waals surface area contributed by atoms with Crippen LogP contribution in [-0.2, 0) is 17.8 Å². The lowest BCUT2D eigenvalue weighted by Gasteiger charge is -2.20. The Kier molecular flexibility index (Phi) is 8.06. The van der Waals surface area contributed by atoms with E-state index in [1.165, 1.54) is 5.56 Å². The number of benzene rings is 1. The average molecular weight is 401 g/mol. The smallest absolute Gasteiger partial charge is 0.407 e. The first-order valence-electron chi connectivity index (χ1n) is 9.74. The van der Waals surface area contributed by atoms with Gasteiger partial charge in [-0.2, -0.15) is 0 Å². The molecule has 1 aromatic carbocycles. The molecule has 0 aliphatic carbocycles. The second-order valence-electron chi connectivity index (χ2n) is 7.70. The topological polar surface area (TPSA) is 92.6 Å². The predicted octanol–water partition coefficient (Wildman–Crippen LogP) is 2.43. The molecule has 1 aromatic heterocycles. The molecule has 1 amide bonds. The summed E-state index contributed by atoms with van der Waals surface area (Å²) in [6.45, 7) is 9.93. The number of rotatable bonds is 7. The number of ether oxygens (including phenoxy) is 1. The number of imidazole rings is 1. The zero-order valence-corrected chi connectivity index (χ0v) is 18.0. The summed E-state index contributed by atoms with van der Waals surface area (Å²) in [5.74, 6) is 1.67. The molecule has 3 N–H and O–H groups in total. The van der Waals surface area contributed by atoms with Gasteiger partial charge in [-0.25, -0.2) is 9.78 Å². The van der Waals surface area contributed by atoms with Crippen molar-refractivity contribution in [1.29, 1.82) is 0 Å². The highest BCUT2D eigenvalue weighted by Gasteiger charge is 2.15. The van der Waals surface area contributed by atoms with E-state index in [1.54, 1.807) is 7.05 Å².